The zero-order valence-corrected chi connectivity index (χ0v) is 12.6. The molecule has 106 valence electrons. The molecule has 2 unspecified atom stereocenters. The molecule has 0 aliphatic heterocycles. The van der Waals surface area contributed by atoms with Gasteiger partial charge in [-0.05, 0) is 25.5 Å². The first kappa shape index (κ1) is 14.4. The van der Waals surface area contributed by atoms with E-state index in [2.05, 4.69) is 28.5 Å². The number of rotatable bonds is 6. The Balaban J connectivity index is 1.97. The van der Waals surface area contributed by atoms with E-state index in [9.17, 15) is 0 Å². The molecule has 0 bridgehead atoms. The van der Waals surface area contributed by atoms with E-state index in [4.69, 9.17) is 4.74 Å². The van der Waals surface area contributed by atoms with Crippen LogP contribution in [-0.2, 0) is 0 Å². The first-order valence-corrected chi connectivity index (χ1v) is 8.37. The number of nitrogens with one attached hydrogen (secondary N) is 1. The highest BCUT2D eigenvalue weighted by Gasteiger charge is 2.24. The third kappa shape index (κ3) is 4.27. The molecular weight excluding hydrogens is 258 g/mol. The van der Waals surface area contributed by atoms with E-state index in [1.807, 2.05) is 17.8 Å². The Morgan fingerprint density at radius 1 is 1.42 bits per heavy atom. The van der Waals surface area contributed by atoms with Gasteiger partial charge >= 0.3 is 0 Å². The molecule has 1 aliphatic carbocycles. The second kappa shape index (κ2) is 7.58. The van der Waals surface area contributed by atoms with Crippen molar-refractivity contribution >= 4 is 17.7 Å². The molecule has 0 spiro atoms. The molecule has 0 saturated heterocycles. The highest BCUT2D eigenvalue weighted by atomic mass is 32.2. The summed E-state index contributed by atoms with van der Waals surface area (Å²) in [6.45, 7) is 2.79. The number of thioether (sulfide) groups is 1. The van der Waals surface area contributed by atoms with Crippen molar-refractivity contribution < 1.29 is 4.74 Å². The summed E-state index contributed by atoms with van der Waals surface area (Å²) in [6.07, 6.45) is 10.1. The lowest BCUT2D eigenvalue weighted by molar-refractivity contribution is 0.305. The Morgan fingerprint density at radius 3 is 3.05 bits per heavy atom. The van der Waals surface area contributed by atoms with Crippen LogP contribution in [0, 0.1) is 0 Å². The van der Waals surface area contributed by atoms with Gasteiger partial charge in [0.1, 0.15) is 0 Å². The molecule has 1 fully saturated rings. The molecule has 2 atom stereocenters. The van der Waals surface area contributed by atoms with Crippen molar-refractivity contribution in [3.05, 3.63) is 12.3 Å². The van der Waals surface area contributed by atoms with E-state index >= 15 is 0 Å². The van der Waals surface area contributed by atoms with Crippen LogP contribution < -0.4 is 10.1 Å². The molecule has 1 N–H and O–H groups in total. The van der Waals surface area contributed by atoms with E-state index < -0.39 is 0 Å². The molecule has 2 rings (SSSR count). The SMILES string of the molecule is CCCOc1ccnc(NC2CCCCC2SC)n1. The average molecular weight is 281 g/mol. The molecule has 1 aromatic heterocycles. The van der Waals surface area contributed by atoms with Crippen LogP contribution in [0.4, 0.5) is 5.95 Å². The third-order valence-electron chi connectivity index (χ3n) is 3.40. The van der Waals surface area contributed by atoms with E-state index in [1.165, 1.54) is 25.7 Å². The molecule has 1 heterocycles. The molecule has 1 aliphatic rings. The molecule has 1 saturated carbocycles. The van der Waals surface area contributed by atoms with Crippen molar-refractivity contribution in [2.24, 2.45) is 0 Å². The highest BCUT2D eigenvalue weighted by Crippen LogP contribution is 2.29. The lowest BCUT2D eigenvalue weighted by Gasteiger charge is -2.30. The van der Waals surface area contributed by atoms with Gasteiger partial charge in [0.15, 0.2) is 0 Å². The molecule has 5 heteroatoms. The van der Waals surface area contributed by atoms with Crippen LogP contribution in [0.15, 0.2) is 12.3 Å². The number of hydrogen-bond donors (Lipinski definition) is 1. The van der Waals surface area contributed by atoms with Crippen LogP contribution in [0.5, 0.6) is 5.88 Å². The lowest BCUT2D eigenvalue weighted by Crippen LogP contribution is -2.34. The minimum Gasteiger partial charge on any atom is -0.478 e. The van der Waals surface area contributed by atoms with Crippen LogP contribution in [0.2, 0.25) is 0 Å². The predicted octanol–water partition coefficient (Wildman–Crippen LogP) is 3.35. The molecule has 1 aromatic rings. The number of hydrogen-bond acceptors (Lipinski definition) is 5. The maximum Gasteiger partial charge on any atom is 0.226 e. The number of aromatic nitrogens is 2. The summed E-state index contributed by atoms with van der Waals surface area (Å²) in [6, 6.07) is 2.29. The van der Waals surface area contributed by atoms with Gasteiger partial charge in [0.2, 0.25) is 11.8 Å². The lowest BCUT2D eigenvalue weighted by atomic mass is 9.95. The van der Waals surface area contributed by atoms with Gasteiger partial charge < -0.3 is 10.1 Å². The van der Waals surface area contributed by atoms with Crippen molar-refractivity contribution in [3.63, 3.8) is 0 Å². The summed E-state index contributed by atoms with van der Waals surface area (Å²) in [5, 5.41) is 4.14. The first-order valence-electron chi connectivity index (χ1n) is 7.08. The van der Waals surface area contributed by atoms with Crippen LogP contribution >= 0.6 is 11.8 Å². The first-order chi connectivity index (χ1) is 9.33. The van der Waals surface area contributed by atoms with E-state index in [0.29, 0.717) is 29.7 Å². The number of ether oxygens (including phenoxy) is 1. The second-order valence-corrected chi connectivity index (χ2v) is 5.95. The largest absolute Gasteiger partial charge is 0.478 e. The van der Waals surface area contributed by atoms with Gasteiger partial charge in [0, 0.05) is 23.6 Å². The van der Waals surface area contributed by atoms with Crippen molar-refractivity contribution in [2.45, 2.75) is 50.3 Å². The zero-order chi connectivity index (χ0) is 13.5. The van der Waals surface area contributed by atoms with Crippen molar-refractivity contribution in [2.75, 3.05) is 18.2 Å². The maximum atomic E-state index is 5.54. The monoisotopic (exact) mass is 281 g/mol. The third-order valence-corrected chi connectivity index (χ3v) is 4.57. The van der Waals surface area contributed by atoms with E-state index in [0.717, 1.165) is 6.42 Å². The van der Waals surface area contributed by atoms with Gasteiger partial charge in [0.25, 0.3) is 0 Å². The summed E-state index contributed by atoms with van der Waals surface area (Å²) in [5.41, 5.74) is 0. The van der Waals surface area contributed by atoms with Gasteiger partial charge in [-0.25, -0.2) is 4.98 Å². The van der Waals surface area contributed by atoms with Crippen LogP contribution in [-0.4, -0.2) is 34.1 Å². The molecule has 0 radical (unpaired) electrons. The van der Waals surface area contributed by atoms with E-state index in [1.54, 1.807) is 6.20 Å². The van der Waals surface area contributed by atoms with Crippen LogP contribution in [0.25, 0.3) is 0 Å². The Hall–Kier alpha value is -0.970. The summed E-state index contributed by atoms with van der Waals surface area (Å²) in [7, 11) is 0. The summed E-state index contributed by atoms with van der Waals surface area (Å²) in [5.74, 6) is 1.36. The van der Waals surface area contributed by atoms with Gasteiger partial charge in [-0.2, -0.15) is 16.7 Å². The van der Waals surface area contributed by atoms with E-state index in [-0.39, 0.29) is 0 Å². The highest BCUT2D eigenvalue weighted by molar-refractivity contribution is 7.99. The Kier molecular flexibility index (Phi) is 5.76. The summed E-state index contributed by atoms with van der Waals surface area (Å²) < 4.78 is 5.54. The fourth-order valence-electron chi connectivity index (χ4n) is 2.41. The molecule has 0 amide bonds. The van der Waals surface area contributed by atoms with Crippen molar-refractivity contribution in [1.29, 1.82) is 0 Å². The van der Waals surface area contributed by atoms with Gasteiger partial charge in [-0.15, -0.1) is 0 Å². The van der Waals surface area contributed by atoms with Crippen LogP contribution in [0.3, 0.4) is 0 Å². The quantitative estimate of drug-likeness (QED) is 0.866. The number of anilines is 1. The second-order valence-electron chi connectivity index (χ2n) is 4.88. The van der Waals surface area contributed by atoms with Gasteiger partial charge in [0.05, 0.1) is 6.61 Å². The van der Waals surface area contributed by atoms with Crippen molar-refractivity contribution in [3.8, 4) is 5.88 Å². The topological polar surface area (TPSA) is 47.0 Å². The van der Waals surface area contributed by atoms with Gasteiger partial charge in [-0.3, -0.25) is 0 Å². The minimum atomic E-state index is 0.477. The van der Waals surface area contributed by atoms with Crippen LogP contribution in [0.1, 0.15) is 39.0 Å². The molecule has 4 nitrogen and oxygen atoms in total. The number of nitrogens with zero attached hydrogens (tertiary/aromatic N) is 2. The molecular formula is C14H23N3OS. The maximum absolute atomic E-state index is 5.54. The Labute approximate surface area is 119 Å². The van der Waals surface area contributed by atoms with Crippen molar-refractivity contribution in [1.82, 2.24) is 9.97 Å². The normalized spacial score (nSPS) is 23.1. The Morgan fingerprint density at radius 2 is 2.26 bits per heavy atom. The smallest absolute Gasteiger partial charge is 0.226 e. The average Bonchev–Trinajstić information content (AvgIpc) is 2.46. The molecule has 0 aromatic carbocycles. The predicted molar refractivity (Wildman–Crippen MR) is 81.0 cm³/mol. The van der Waals surface area contributed by atoms with Gasteiger partial charge in [-0.1, -0.05) is 19.8 Å². The standard InChI is InChI=1S/C14H23N3OS/c1-3-10-18-13-8-9-15-14(17-13)16-11-6-4-5-7-12(11)19-2/h8-9,11-12H,3-7,10H2,1-2H3,(H,15,16,17). The zero-order valence-electron chi connectivity index (χ0n) is 11.8. The summed E-state index contributed by atoms with van der Waals surface area (Å²) >= 11 is 1.94. The fourth-order valence-corrected chi connectivity index (χ4v) is 3.34. The fraction of sp³-hybridized carbons (Fsp3) is 0.714. The summed E-state index contributed by atoms with van der Waals surface area (Å²) in [4.78, 5) is 8.72. The molecule has 19 heavy (non-hydrogen) atoms. The Bertz CT molecular complexity index is 389. The minimum absolute atomic E-state index is 0.477.